The molecule has 0 fully saturated rings. The Labute approximate surface area is 185 Å². The molecule has 2 heterocycles. The second-order valence-corrected chi connectivity index (χ2v) is 7.72. The highest BCUT2D eigenvalue weighted by molar-refractivity contribution is 7.13. The summed E-state index contributed by atoms with van der Waals surface area (Å²) in [6, 6.07) is 16.3. The summed E-state index contributed by atoms with van der Waals surface area (Å²) in [5, 5.41) is 40.7. The van der Waals surface area contributed by atoms with Gasteiger partial charge in [-0.2, -0.15) is 15.3 Å². The van der Waals surface area contributed by atoms with Crippen LogP contribution in [0, 0.1) is 22.7 Å². The number of hydrogen-bond donors (Lipinski definition) is 2. The van der Waals surface area contributed by atoms with Gasteiger partial charge in [0, 0.05) is 5.39 Å². The van der Waals surface area contributed by atoms with Crippen molar-refractivity contribution in [3.63, 3.8) is 0 Å². The van der Waals surface area contributed by atoms with E-state index < -0.39 is 11.8 Å². The van der Waals surface area contributed by atoms with Gasteiger partial charge in [0.15, 0.2) is 5.78 Å². The van der Waals surface area contributed by atoms with Crippen molar-refractivity contribution >= 4 is 40.1 Å². The van der Waals surface area contributed by atoms with Gasteiger partial charge in [-0.15, -0.1) is 11.3 Å². The zero-order valence-corrected chi connectivity index (χ0v) is 17.1. The third-order valence-electron chi connectivity index (χ3n) is 4.91. The molecule has 4 rings (SSSR count). The Hall–Kier alpha value is -4.66. The summed E-state index contributed by atoms with van der Waals surface area (Å²) in [6.07, 6.45) is 2.87. The highest BCUT2D eigenvalue weighted by atomic mass is 32.1. The standard InChI is InChI=1S/C24H13N3O4S/c25-12-16-10-18-19(11-17(16)13-26)27(31)23(21-2-1-9-32-21)22(18)20(28)8-5-14-3-6-15(7-4-14)24(29)30/h1-11,31H,(H,29,30)/b8-5+. The van der Waals surface area contributed by atoms with Crippen molar-refractivity contribution < 1.29 is 19.9 Å². The van der Waals surface area contributed by atoms with Crippen LogP contribution in [0.5, 0.6) is 0 Å². The Kier molecular flexibility index (Phi) is 5.30. The van der Waals surface area contributed by atoms with Crippen molar-refractivity contribution in [3.8, 4) is 22.7 Å². The van der Waals surface area contributed by atoms with Gasteiger partial charge < -0.3 is 10.3 Å². The van der Waals surface area contributed by atoms with E-state index in [1.165, 1.54) is 41.7 Å². The molecule has 7 nitrogen and oxygen atoms in total. The van der Waals surface area contributed by atoms with E-state index in [2.05, 4.69) is 0 Å². The number of nitrogens with zero attached hydrogens (tertiary/aromatic N) is 3. The molecule has 0 aliphatic carbocycles. The van der Waals surface area contributed by atoms with E-state index in [4.69, 9.17) is 5.11 Å². The lowest BCUT2D eigenvalue weighted by Gasteiger charge is -2.02. The first-order valence-electron chi connectivity index (χ1n) is 9.26. The Morgan fingerprint density at radius 3 is 2.31 bits per heavy atom. The molecule has 0 bridgehead atoms. The molecule has 0 aliphatic rings. The van der Waals surface area contributed by atoms with Gasteiger partial charge >= 0.3 is 5.97 Å². The van der Waals surface area contributed by atoms with E-state index in [-0.39, 0.29) is 33.5 Å². The Balaban J connectivity index is 1.87. The van der Waals surface area contributed by atoms with Gasteiger partial charge in [-0.25, -0.2) is 4.79 Å². The summed E-state index contributed by atoms with van der Waals surface area (Å²) in [7, 11) is 0. The van der Waals surface area contributed by atoms with Gasteiger partial charge in [-0.1, -0.05) is 24.3 Å². The normalized spacial score (nSPS) is 10.8. The molecule has 0 amide bonds. The molecule has 154 valence electrons. The summed E-state index contributed by atoms with van der Waals surface area (Å²) in [6.45, 7) is 0. The van der Waals surface area contributed by atoms with Crippen LogP contribution < -0.4 is 0 Å². The number of carboxylic acids is 1. The minimum atomic E-state index is -1.04. The average molecular weight is 439 g/mol. The average Bonchev–Trinajstić information content (AvgIpc) is 3.43. The van der Waals surface area contributed by atoms with E-state index in [9.17, 15) is 25.3 Å². The maximum Gasteiger partial charge on any atom is 0.335 e. The Morgan fingerprint density at radius 2 is 1.72 bits per heavy atom. The maximum atomic E-state index is 13.2. The highest BCUT2D eigenvalue weighted by Gasteiger charge is 2.24. The molecule has 0 spiro atoms. The smallest absolute Gasteiger partial charge is 0.335 e. The molecule has 0 saturated heterocycles. The Bertz CT molecular complexity index is 1480. The fourth-order valence-electron chi connectivity index (χ4n) is 3.38. The van der Waals surface area contributed by atoms with Crippen molar-refractivity contribution in [1.29, 1.82) is 10.5 Å². The van der Waals surface area contributed by atoms with Crippen LogP contribution >= 0.6 is 11.3 Å². The zero-order chi connectivity index (χ0) is 22.8. The number of benzene rings is 2. The first kappa shape index (κ1) is 20.6. The van der Waals surface area contributed by atoms with Crippen molar-refractivity contribution in [2.24, 2.45) is 0 Å². The molecule has 0 atom stereocenters. The number of fused-ring (bicyclic) bond motifs is 1. The van der Waals surface area contributed by atoms with Gasteiger partial charge in [0.05, 0.1) is 32.6 Å². The number of carbonyl (C=O) groups excluding carboxylic acids is 1. The maximum absolute atomic E-state index is 13.2. The van der Waals surface area contributed by atoms with Crippen LogP contribution in [0.15, 0.2) is 60.0 Å². The van der Waals surface area contributed by atoms with Crippen molar-refractivity contribution in [2.45, 2.75) is 0 Å². The SMILES string of the molecule is N#Cc1cc2c(C(=O)/C=C/c3ccc(C(=O)O)cc3)c(-c3cccs3)n(O)c2cc1C#N. The number of thiophene rings is 1. The number of allylic oxidation sites excluding steroid dienone is 1. The second kappa shape index (κ2) is 8.23. The quantitative estimate of drug-likeness (QED) is 0.257. The molecule has 2 aromatic heterocycles. The van der Waals surface area contributed by atoms with Gasteiger partial charge in [-0.05, 0) is 47.4 Å². The lowest BCUT2D eigenvalue weighted by molar-refractivity contribution is 0.0696. The number of aromatic nitrogens is 1. The molecule has 0 unspecified atom stereocenters. The number of ketones is 1. The van der Waals surface area contributed by atoms with Crippen molar-refractivity contribution in [2.75, 3.05) is 0 Å². The van der Waals surface area contributed by atoms with E-state index in [0.717, 1.165) is 4.73 Å². The first-order chi connectivity index (χ1) is 15.4. The number of hydrogen-bond acceptors (Lipinski definition) is 6. The molecular formula is C24H13N3O4S. The third kappa shape index (κ3) is 3.52. The van der Waals surface area contributed by atoms with E-state index in [1.54, 1.807) is 30.3 Å². The number of nitriles is 2. The van der Waals surface area contributed by atoms with Gasteiger partial charge in [0.1, 0.15) is 17.8 Å². The number of rotatable bonds is 5. The predicted octanol–water partition coefficient (Wildman–Crippen LogP) is 4.94. The van der Waals surface area contributed by atoms with Crippen LogP contribution in [0.3, 0.4) is 0 Å². The summed E-state index contributed by atoms with van der Waals surface area (Å²) in [5.41, 5.74) is 1.66. The van der Waals surface area contributed by atoms with E-state index in [1.807, 2.05) is 17.5 Å². The molecule has 4 aromatic rings. The van der Waals surface area contributed by atoms with Gasteiger partial charge in [0.25, 0.3) is 0 Å². The van der Waals surface area contributed by atoms with Crippen LogP contribution in [0.4, 0.5) is 0 Å². The molecule has 32 heavy (non-hydrogen) atoms. The molecule has 0 aliphatic heterocycles. The number of carbonyl (C=O) groups is 2. The van der Waals surface area contributed by atoms with Crippen LogP contribution in [0.25, 0.3) is 27.6 Å². The number of aromatic carboxylic acids is 1. The fraction of sp³-hybridized carbons (Fsp3) is 0. The molecule has 2 aromatic carbocycles. The molecule has 0 radical (unpaired) electrons. The second-order valence-electron chi connectivity index (χ2n) is 6.78. The fourth-order valence-corrected chi connectivity index (χ4v) is 4.15. The molecule has 0 saturated carbocycles. The topological polar surface area (TPSA) is 127 Å². The minimum absolute atomic E-state index is 0.0959. The predicted molar refractivity (Wildman–Crippen MR) is 119 cm³/mol. The van der Waals surface area contributed by atoms with Crippen LogP contribution in [0.2, 0.25) is 0 Å². The van der Waals surface area contributed by atoms with E-state index in [0.29, 0.717) is 15.8 Å². The minimum Gasteiger partial charge on any atom is -0.478 e. The van der Waals surface area contributed by atoms with Crippen LogP contribution in [0.1, 0.15) is 37.4 Å². The lowest BCUT2D eigenvalue weighted by atomic mass is 10.0. The monoisotopic (exact) mass is 439 g/mol. The summed E-state index contributed by atoms with van der Waals surface area (Å²) >= 11 is 1.33. The van der Waals surface area contributed by atoms with Crippen molar-refractivity contribution in [1.82, 2.24) is 4.73 Å². The summed E-state index contributed by atoms with van der Waals surface area (Å²) in [4.78, 5) is 24.9. The van der Waals surface area contributed by atoms with Crippen LogP contribution in [-0.2, 0) is 0 Å². The third-order valence-corrected chi connectivity index (χ3v) is 5.79. The zero-order valence-electron chi connectivity index (χ0n) is 16.3. The van der Waals surface area contributed by atoms with E-state index >= 15 is 0 Å². The van der Waals surface area contributed by atoms with Crippen molar-refractivity contribution in [3.05, 3.63) is 87.8 Å². The molecule has 8 heteroatoms. The summed E-state index contributed by atoms with van der Waals surface area (Å²) in [5.74, 6) is -1.46. The van der Waals surface area contributed by atoms with Gasteiger partial charge in [-0.3, -0.25) is 4.79 Å². The highest BCUT2D eigenvalue weighted by Crippen LogP contribution is 2.37. The lowest BCUT2D eigenvalue weighted by Crippen LogP contribution is -1.99. The number of carboxylic acid groups (broad SMARTS) is 1. The molecular weight excluding hydrogens is 426 g/mol. The van der Waals surface area contributed by atoms with Gasteiger partial charge in [0.2, 0.25) is 0 Å². The Morgan fingerprint density at radius 1 is 1.03 bits per heavy atom. The molecule has 2 N–H and O–H groups in total. The largest absolute Gasteiger partial charge is 0.478 e. The summed E-state index contributed by atoms with van der Waals surface area (Å²) < 4.78 is 0.867. The van der Waals surface area contributed by atoms with Crippen LogP contribution in [-0.4, -0.2) is 26.8 Å². The first-order valence-corrected chi connectivity index (χ1v) is 10.1.